The Bertz CT molecular complexity index is 660. The molecule has 0 amide bonds. The minimum absolute atomic E-state index is 0.669. The van der Waals surface area contributed by atoms with E-state index in [2.05, 4.69) is 48.6 Å². The van der Waals surface area contributed by atoms with Gasteiger partial charge >= 0.3 is 0 Å². The highest BCUT2D eigenvalue weighted by atomic mass is 14.6. The van der Waals surface area contributed by atoms with Crippen molar-refractivity contribution in [3.63, 3.8) is 0 Å². The molecule has 0 saturated heterocycles. The molecule has 0 heteroatoms. The van der Waals surface area contributed by atoms with E-state index in [1.165, 1.54) is 77.0 Å². The van der Waals surface area contributed by atoms with Crippen LogP contribution in [0.4, 0.5) is 0 Å². The Morgan fingerprint density at radius 2 is 1.04 bits per heavy atom. The molecule has 8 atom stereocenters. The van der Waals surface area contributed by atoms with Crippen LogP contribution in [0.2, 0.25) is 0 Å². The fourth-order valence-electron chi connectivity index (χ4n) is 9.25. The van der Waals surface area contributed by atoms with E-state index in [1.807, 2.05) is 0 Å². The Hall–Kier alpha value is -1.04. The van der Waals surface area contributed by atoms with Crippen LogP contribution >= 0.6 is 0 Å². The van der Waals surface area contributed by atoms with Gasteiger partial charge in [0.25, 0.3) is 0 Å². The standard InChI is InChI=1S/C28H38/c1-3-11-23-21(9-1)19-27(15-7-5-13-25(23)27)17-18-28-16-8-6-14-26(28)24-12-4-2-10-22(24)20-28/h1-4,9-12,21-26H,5-8,13-20H2. The average molecular weight is 375 g/mol. The summed E-state index contributed by atoms with van der Waals surface area (Å²) in [5.41, 5.74) is 1.34. The maximum absolute atomic E-state index is 2.59. The topological polar surface area (TPSA) is 0 Å². The first kappa shape index (κ1) is 17.8. The Balaban J connectivity index is 1.26. The lowest BCUT2D eigenvalue weighted by molar-refractivity contribution is 0.0426. The second-order valence-electron chi connectivity index (χ2n) is 11.4. The maximum atomic E-state index is 2.59. The molecule has 0 aromatic carbocycles. The lowest BCUT2D eigenvalue weighted by Crippen LogP contribution is -2.36. The predicted octanol–water partition coefficient (Wildman–Crippen LogP) is 7.64. The predicted molar refractivity (Wildman–Crippen MR) is 118 cm³/mol. The van der Waals surface area contributed by atoms with Gasteiger partial charge in [0.15, 0.2) is 0 Å². The molecule has 8 unspecified atom stereocenters. The number of hydrogen-bond donors (Lipinski definition) is 0. The third kappa shape index (κ3) is 2.62. The minimum atomic E-state index is 0.669. The van der Waals surface area contributed by atoms with Gasteiger partial charge in [0.05, 0.1) is 0 Å². The molecule has 0 nitrogen and oxygen atoms in total. The molecule has 28 heavy (non-hydrogen) atoms. The largest absolute Gasteiger partial charge is 0.0808 e. The van der Waals surface area contributed by atoms with Crippen LogP contribution in [0, 0.1) is 46.3 Å². The van der Waals surface area contributed by atoms with Crippen molar-refractivity contribution < 1.29 is 0 Å². The van der Waals surface area contributed by atoms with Crippen LogP contribution in [0.15, 0.2) is 48.6 Å². The van der Waals surface area contributed by atoms with Crippen LogP contribution in [0.5, 0.6) is 0 Å². The molecule has 0 heterocycles. The summed E-state index contributed by atoms with van der Waals surface area (Å²) in [6.45, 7) is 0. The number of rotatable bonds is 3. The van der Waals surface area contributed by atoms with Gasteiger partial charge in [0.1, 0.15) is 0 Å². The Morgan fingerprint density at radius 3 is 1.54 bits per heavy atom. The molecule has 6 aliphatic rings. The van der Waals surface area contributed by atoms with Gasteiger partial charge in [-0.05, 0) is 97.7 Å². The average Bonchev–Trinajstić information content (AvgIpc) is 3.26. The Kier molecular flexibility index (Phi) is 4.29. The Morgan fingerprint density at radius 1 is 0.571 bits per heavy atom. The van der Waals surface area contributed by atoms with E-state index in [9.17, 15) is 0 Å². The molecule has 0 radical (unpaired) electrons. The summed E-state index contributed by atoms with van der Waals surface area (Å²) in [4.78, 5) is 0. The molecule has 0 N–H and O–H groups in total. The van der Waals surface area contributed by atoms with Gasteiger partial charge in [0.2, 0.25) is 0 Å². The lowest BCUT2D eigenvalue weighted by atomic mass is 9.58. The zero-order chi connectivity index (χ0) is 18.6. The van der Waals surface area contributed by atoms with Crippen molar-refractivity contribution in [2.75, 3.05) is 0 Å². The second kappa shape index (κ2) is 6.75. The summed E-state index contributed by atoms with van der Waals surface area (Å²) in [6.07, 6.45) is 37.8. The van der Waals surface area contributed by atoms with Crippen LogP contribution in [0.3, 0.4) is 0 Å². The van der Waals surface area contributed by atoms with Crippen molar-refractivity contribution in [2.24, 2.45) is 46.3 Å². The highest BCUT2D eigenvalue weighted by molar-refractivity contribution is 5.23. The van der Waals surface area contributed by atoms with Gasteiger partial charge in [-0.2, -0.15) is 0 Å². The highest BCUT2D eigenvalue weighted by Crippen LogP contribution is 2.65. The van der Waals surface area contributed by atoms with Crippen LogP contribution in [0.1, 0.15) is 77.0 Å². The van der Waals surface area contributed by atoms with E-state index < -0.39 is 0 Å². The third-order valence-electron chi connectivity index (χ3n) is 10.4. The van der Waals surface area contributed by atoms with Crippen molar-refractivity contribution in [2.45, 2.75) is 77.0 Å². The first-order chi connectivity index (χ1) is 13.8. The number of hydrogen-bond acceptors (Lipinski definition) is 0. The van der Waals surface area contributed by atoms with Gasteiger partial charge in [-0.15, -0.1) is 0 Å². The van der Waals surface area contributed by atoms with Gasteiger partial charge in [-0.1, -0.05) is 74.3 Å². The van der Waals surface area contributed by atoms with Crippen molar-refractivity contribution in [1.82, 2.24) is 0 Å². The molecule has 6 rings (SSSR count). The molecule has 6 aliphatic carbocycles. The first-order valence-corrected chi connectivity index (χ1v) is 12.5. The summed E-state index contributed by atoms with van der Waals surface area (Å²) in [7, 11) is 0. The molecule has 0 aliphatic heterocycles. The summed E-state index contributed by atoms with van der Waals surface area (Å²) >= 11 is 0. The molecule has 0 bridgehead atoms. The molecule has 150 valence electrons. The van der Waals surface area contributed by atoms with Gasteiger partial charge in [-0.3, -0.25) is 0 Å². The molecular weight excluding hydrogens is 336 g/mol. The highest BCUT2D eigenvalue weighted by Gasteiger charge is 2.56. The fourth-order valence-corrected chi connectivity index (χ4v) is 9.25. The molecular formula is C28H38. The summed E-state index contributed by atoms with van der Waals surface area (Å²) in [5.74, 6) is 5.39. The fraction of sp³-hybridized carbons (Fsp3) is 0.714. The Labute approximate surface area is 172 Å². The molecule has 0 aromatic rings. The van der Waals surface area contributed by atoms with Crippen LogP contribution in [-0.4, -0.2) is 0 Å². The van der Waals surface area contributed by atoms with Crippen molar-refractivity contribution in [1.29, 1.82) is 0 Å². The zero-order valence-electron chi connectivity index (χ0n) is 17.6. The van der Waals surface area contributed by atoms with Crippen molar-refractivity contribution >= 4 is 0 Å². The minimum Gasteiger partial charge on any atom is -0.0808 e. The van der Waals surface area contributed by atoms with Crippen molar-refractivity contribution in [3.05, 3.63) is 48.6 Å². The van der Waals surface area contributed by atoms with E-state index >= 15 is 0 Å². The summed E-state index contributed by atoms with van der Waals surface area (Å²) in [6, 6.07) is 0. The van der Waals surface area contributed by atoms with E-state index in [0.717, 1.165) is 35.5 Å². The van der Waals surface area contributed by atoms with E-state index in [4.69, 9.17) is 0 Å². The smallest absolute Gasteiger partial charge is 0.0133 e. The van der Waals surface area contributed by atoms with Crippen LogP contribution in [-0.2, 0) is 0 Å². The van der Waals surface area contributed by atoms with E-state index in [0.29, 0.717) is 10.8 Å². The lowest BCUT2D eigenvalue weighted by Gasteiger charge is -2.46. The number of fused-ring (bicyclic) bond motifs is 6. The van der Waals surface area contributed by atoms with Crippen LogP contribution in [0.25, 0.3) is 0 Å². The molecule has 0 aromatic heterocycles. The molecule has 4 saturated carbocycles. The maximum Gasteiger partial charge on any atom is -0.0133 e. The third-order valence-corrected chi connectivity index (χ3v) is 10.4. The number of allylic oxidation sites excluding steroid dienone is 8. The second-order valence-corrected chi connectivity index (χ2v) is 11.4. The normalized spacial score (nSPS) is 50.9. The summed E-state index contributed by atoms with van der Waals surface area (Å²) in [5, 5.41) is 0. The van der Waals surface area contributed by atoms with E-state index in [1.54, 1.807) is 0 Å². The monoisotopic (exact) mass is 374 g/mol. The van der Waals surface area contributed by atoms with E-state index in [-0.39, 0.29) is 0 Å². The van der Waals surface area contributed by atoms with Gasteiger partial charge in [-0.25, -0.2) is 0 Å². The van der Waals surface area contributed by atoms with Crippen molar-refractivity contribution in [3.8, 4) is 0 Å². The molecule has 4 fully saturated rings. The van der Waals surface area contributed by atoms with Crippen LogP contribution < -0.4 is 0 Å². The summed E-state index contributed by atoms with van der Waals surface area (Å²) < 4.78 is 0. The quantitative estimate of drug-likeness (QED) is 0.476. The zero-order valence-corrected chi connectivity index (χ0v) is 17.6. The SMILES string of the molecule is C1=CC2CC3(CCC45CCCCC4C4C=CC=CC4C5)CCCCC3C2C=C1. The van der Waals surface area contributed by atoms with Gasteiger partial charge in [0, 0.05) is 0 Å². The first-order valence-electron chi connectivity index (χ1n) is 12.5. The van der Waals surface area contributed by atoms with Gasteiger partial charge < -0.3 is 0 Å². The molecule has 0 spiro atoms.